The van der Waals surface area contributed by atoms with Gasteiger partial charge in [-0.05, 0) is 31.8 Å². The van der Waals surface area contributed by atoms with Crippen molar-refractivity contribution in [3.05, 3.63) is 0 Å². The molecule has 2 aliphatic rings. The van der Waals surface area contributed by atoms with Gasteiger partial charge in [-0.2, -0.15) is 0 Å². The molecule has 2 rings (SSSR count). The smallest absolute Gasteiger partial charge is 0.108 e. The first-order chi connectivity index (χ1) is 7.59. The van der Waals surface area contributed by atoms with Gasteiger partial charge < -0.3 is 9.64 Å². The van der Waals surface area contributed by atoms with Crippen molar-refractivity contribution < 1.29 is 4.74 Å². The molecule has 0 aromatic carbocycles. The molecular formula is C13H26N2O. The van der Waals surface area contributed by atoms with Gasteiger partial charge in [0.1, 0.15) is 6.23 Å². The van der Waals surface area contributed by atoms with E-state index in [1.807, 2.05) is 0 Å². The predicted octanol–water partition coefficient (Wildman–Crippen LogP) is 1.69. The van der Waals surface area contributed by atoms with Gasteiger partial charge in [0.05, 0.1) is 6.61 Å². The quantitative estimate of drug-likeness (QED) is 0.792. The minimum absolute atomic E-state index is 0.301. The predicted molar refractivity (Wildman–Crippen MR) is 66.4 cm³/mol. The molecule has 3 nitrogen and oxygen atoms in total. The second-order valence-corrected chi connectivity index (χ2v) is 6.13. The zero-order chi connectivity index (χ0) is 11.6. The third-order valence-electron chi connectivity index (χ3n) is 3.85. The van der Waals surface area contributed by atoms with Gasteiger partial charge in [-0.15, -0.1) is 0 Å². The lowest BCUT2D eigenvalue weighted by Crippen LogP contribution is -2.48. The molecule has 0 aliphatic carbocycles. The molecule has 2 heterocycles. The lowest BCUT2D eigenvalue weighted by molar-refractivity contribution is -0.0666. The van der Waals surface area contributed by atoms with E-state index in [1.54, 1.807) is 0 Å². The molecule has 1 N–H and O–H groups in total. The van der Waals surface area contributed by atoms with Crippen LogP contribution in [0.5, 0.6) is 0 Å². The zero-order valence-corrected chi connectivity index (χ0v) is 11.0. The first-order valence-corrected chi connectivity index (χ1v) is 6.66. The SMILES string of the molecule is CCN1CCC(CC2NCC(C)(C)CO2)C1. The molecule has 2 aliphatic heterocycles. The maximum absolute atomic E-state index is 5.89. The highest BCUT2D eigenvalue weighted by Gasteiger charge is 2.30. The summed E-state index contributed by atoms with van der Waals surface area (Å²) in [5, 5.41) is 3.53. The minimum atomic E-state index is 0.301. The first-order valence-electron chi connectivity index (χ1n) is 6.66. The Morgan fingerprint density at radius 2 is 2.25 bits per heavy atom. The summed E-state index contributed by atoms with van der Waals surface area (Å²) >= 11 is 0. The Morgan fingerprint density at radius 1 is 1.44 bits per heavy atom. The van der Waals surface area contributed by atoms with Crippen molar-refractivity contribution in [3.63, 3.8) is 0 Å². The third-order valence-corrected chi connectivity index (χ3v) is 3.85. The van der Waals surface area contributed by atoms with Crippen LogP contribution in [0.15, 0.2) is 0 Å². The largest absolute Gasteiger partial charge is 0.363 e. The van der Waals surface area contributed by atoms with E-state index >= 15 is 0 Å². The number of likely N-dealkylation sites (tertiary alicyclic amines) is 1. The van der Waals surface area contributed by atoms with Crippen molar-refractivity contribution in [2.75, 3.05) is 32.8 Å². The second kappa shape index (κ2) is 5.03. The molecule has 0 bridgehead atoms. The van der Waals surface area contributed by atoms with Gasteiger partial charge in [0.2, 0.25) is 0 Å². The van der Waals surface area contributed by atoms with Crippen LogP contribution in [0.4, 0.5) is 0 Å². The highest BCUT2D eigenvalue weighted by Crippen LogP contribution is 2.25. The van der Waals surface area contributed by atoms with Gasteiger partial charge in [0.25, 0.3) is 0 Å². The highest BCUT2D eigenvalue weighted by molar-refractivity contribution is 4.81. The van der Waals surface area contributed by atoms with E-state index in [0.717, 1.165) is 19.1 Å². The fourth-order valence-corrected chi connectivity index (χ4v) is 2.67. The Balaban J connectivity index is 1.71. The van der Waals surface area contributed by atoms with E-state index in [1.165, 1.54) is 32.5 Å². The molecule has 2 fully saturated rings. The van der Waals surface area contributed by atoms with Crippen LogP contribution in [-0.4, -0.2) is 43.9 Å². The van der Waals surface area contributed by atoms with Crippen molar-refractivity contribution in [1.29, 1.82) is 0 Å². The van der Waals surface area contributed by atoms with Gasteiger partial charge in [-0.25, -0.2) is 0 Å². The number of hydrogen-bond acceptors (Lipinski definition) is 3. The summed E-state index contributed by atoms with van der Waals surface area (Å²) in [7, 11) is 0. The molecule has 0 radical (unpaired) electrons. The average molecular weight is 226 g/mol. The van der Waals surface area contributed by atoms with E-state index in [2.05, 4.69) is 31.0 Å². The van der Waals surface area contributed by atoms with Crippen molar-refractivity contribution in [2.24, 2.45) is 11.3 Å². The van der Waals surface area contributed by atoms with Crippen LogP contribution in [0.1, 0.15) is 33.6 Å². The maximum atomic E-state index is 5.89. The summed E-state index contributed by atoms with van der Waals surface area (Å²) in [4.78, 5) is 2.54. The fraction of sp³-hybridized carbons (Fsp3) is 1.00. The van der Waals surface area contributed by atoms with E-state index in [0.29, 0.717) is 11.6 Å². The molecule has 3 heteroatoms. The van der Waals surface area contributed by atoms with E-state index in [9.17, 15) is 0 Å². The summed E-state index contributed by atoms with van der Waals surface area (Å²) in [5.74, 6) is 0.832. The Bertz CT molecular complexity index is 220. The van der Waals surface area contributed by atoms with Crippen molar-refractivity contribution in [3.8, 4) is 0 Å². The van der Waals surface area contributed by atoms with Gasteiger partial charge in [-0.3, -0.25) is 5.32 Å². The molecule has 0 aromatic heterocycles. The Hall–Kier alpha value is -0.120. The number of nitrogens with one attached hydrogen (secondary N) is 1. The van der Waals surface area contributed by atoms with Crippen LogP contribution < -0.4 is 5.32 Å². The average Bonchev–Trinajstić information content (AvgIpc) is 2.69. The summed E-state index contributed by atoms with van der Waals surface area (Å²) < 4.78 is 5.89. The number of ether oxygens (including phenoxy) is 1. The molecule has 2 unspecified atom stereocenters. The van der Waals surface area contributed by atoms with Crippen LogP contribution >= 0.6 is 0 Å². The van der Waals surface area contributed by atoms with Gasteiger partial charge >= 0.3 is 0 Å². The van der Waals surface area contributed by atoms with E-state index in [4.69, 9.17) is 4.74 Å². The Labute approximate surface area is 99.5 Å². The van der Waals surface area contributed by atoms with Crippen LogP contribution in [0.25, 0.3) is 0 Å². The van der Waals surface area contributed by atoms with Crippen LogP contribution in [0, 0.1) is 11.3 Å². The molecule has 0 aromatic rings. The molecule has 94 valence electrons. The lowest BCUT2D eigenvalue weighted by atomic mass is 9.92. The monoisotopic (exact) mass is 226 g/mol. The van der Waals surface area contributed by atoms with Crippen LogP contribution in [0.3, 0.4) is 0 Å². The number of nitrogens with zero attached hydrogens (tertiary/aromatic N) is 1. The number of rotatable bonds is 3. The van der Waals surface area contributed by atoms with Gasteiger partial charge in [0, 0.05) is 18.5 Å². The number of hydrogen-bond donors (Lipinski definition) is 1. The molecule has 0 saturated carbocycles. The normalized spacial score (nSPS) is 35.4. The highest BCUT2D eigenvalue weighted by atomic mass is 16.5. The van der Waals surface area contributed by atoms with Crippen molar-refractivity contribution >= 4 is 0 Å². The van der Waals surface area contributed by atoms with Crippen molar-refractivity contribution in [1.82, 2.24) is 10.2 Å². The molecule has 2 atom stereocenters. The van der Waals surface area contributed by atoms with Crippen LogP contribution in [-0.2, 0) is 4.74 Å². The third kappa shape index (κ3) is 3.19. The molecule has 0 amide bonds. The molecule has 0 spiro atoms. The van der Waals surface area contributed by atoms with E-state index < -0.39 is 0 Å². The maximum Gasteiger partial charge on any atom is 0.108 e. The summed E-state index contributed by atoms with van der Waals surface area (Å²) in [6.45, 7) is 12.5. The van der Waals surface area contributed by atoms with Crippen LogP contribution in [0.2, 0.25) is 0 Å². The minimum Gasteiger partial charge on any atom is -0.363 e. The summed E-state index contributed by atoms with van der Waals surface area (Å²) in [6.07, 6.45) is 2.83. The Kier molecular flexibility index (Phi) is 3.88. The molecular weight excluding hydrogens is 200 g/mol. The lowest BCUT2D eigenvalue weighted by Gasteiger charge is -2.36. The molecule has 16 heavy (non-hydrogen) atoms. The topological polar surface area (TPSA) is 24.5 Å². The molecule has 2 saturated heterocycles. The van der Waals surface area contributed by atoms with Gasteiger partial charge in [0.15, 0.2) is 0 Å². The van der Waals surface area contributed by atoms with Crippen molar-refractivity contribution in [2.45, 2.75) is 39.8 Å². The Morgan fingerprint density at radius 3 is 2.81 bits per heavy atom. The first kappa shape index (κ1) is 12.3. The standard InChI is InChI=1S/C13H26N2O/c1-4-15-6-5-11(8-15)7-12-14-9-13(2,3)10-16-12/h11-12,14H,4-10H2,1-3H3. The summed E-state index contributed by atoms with van der Waals surface area (Å²) in [6, 6.07) is 0. The van der Waals surface area contributed by atoms with E-state index in [-0.39, 0.29) is 0 Å². The zero-order valence-electron chi connectivity index (χ0n) is 11.0. The van der Waals surface area contributed by atoms with Gasteiger partial charge in [-0.1, -0.05) is 20.8 Å². The summed E-state index contributed by atoms with van der Waals surface area (Å²) in [5.41, 5.74) is 0.307. The fourth-order valence-electron chi connectivity index (χ4n) is 2.67. The second-order valence-electron chi connectivity index (χ2n) is 6.13.